The van der Waals surface area contributed by atoms with Crippen LogP contribution in [-0.2, 0) is 31.3 Å². The summed E-state index contributed by atoms with van der Waals surface area (Å²) >= 11 is 0. The molecule has 0 unspecified atom stereocenters. The first kappa shape index (κ1) is 30.0. The third-order valence-electron chi connectivity index (χ3n) is 4.40. The van der Waals surface area contributed by atoms with Crippen molar-refractivity contribution in [3.05, 3.63) is 90.4 Å². The summed E-state index contributed by atoms with van der Waals surface area (Å²) in [7, 11) is 0. The third-order valence-corrected chi connectivity index (χ3v) is 4.40. The van der Waals surface area contributed by atoms with Crippen molar-refractivity contribution < 1.29 is 33.6 Å². The Labute approximate surface area is 204 Å². The quantitative estimate of drug-likeness (QED) is 0.234. The molecule has 0 fully saturated rings. The summed E-state index contributed by atoms with van der Waals surface area (Å²) in [5, 5.41) is 0. The molecule has 32 heavy (non-hydrogen) atoms. The first-order valence-corrected chi connectivity index (χ1v) is 10.0. The number of aryl methyl sites for hydroxylation is 1. The van der Waals surface area contributed by atoms with Gasteiger partial charge in [-0.1, -0.05) is 48.5 Å². The maximum Gasteiger partial charge on any atom is 2.00 e. The summed E-state index contributed by atoms with van der Waals surface area (Å²) in [5.74, 6) is 0. The van der Waals surface area contributed by atoms with Crippen LogP contribution in [0.4, 0.5) is 13.2 Å². The largest absolute Gasteiger partial charge is 2.00 e. The predicted molar refractivity (Wildman–Crippen MR) is 121 cm³/mol. The van der Waals surface area contributed by atoms with Gasteiger partial charge in [-0.2, -0.15) is 35.9 Å². The van der Waals surface area contributed by atoms with Crippen LogP contribution in [0.15, 0.2) is 60.9 Å². The second-order valence-corrected chi connectivity index (χ2v) is 9.15. The van der Waals surface area contributed by atoms with Gasteiger partial charge in [-0.05, 0) is 46.2 Å². The molecular formula is C26H31F3N2Pd. The maximum atomic E-state index is 9.58. The molecule has 2 heterocycles. The molecule has 2 aromatic heterocycles. The van der Waals surface area contributed by atoms with Gasteiger partial charge in [-0.25, -0.2) is 0 Å². The Kier molecular flexibility index (Phi) is 12.6. The number of pyridine rings is 2. The summed E-state index contributed by atoms with van der Waals surface area (Å²) < 4.78 is 28.8. The Balaban J connectivity index is 0.000000663. The van der Waals surface area contributed by atoms with Crippen molar-refractivity contribution in [3.8, 4) is 11.4 Å². The van der Waals surface area contributed by atoms with Crippen LogP contribution in [0.3, 0.4) is 0 Å². The minimum absolute atomic E-state index is 0. The van der Waals surface area contributed by atoms with E-state index in [2.05, 4.69) is 88.8 Å². The van der Waals surface area contributed by atoms with E-state index >= 15 is 0 Å². The molecule has 0 saturated carbocycles. The molecule has 0 spiro atoms. The van der Waals surface area contributed by atoms with Gasteiger partial charge in [0.1, 0.15) is 0 Å². The van der Waals surface area contributed by atoms with Gasteiger partial charge in [-0.15, -0.1) is 0 Å². The Bertz CT molecular complexity index is 860. The average molecular weight is 535 g/mol. The summed E-state index contributed by atoms with van der Waals surface area (Å²) in [4.78, 5) is 8.97. The van der Waals surface area contributed by atoms with Gasteiger partial charge in [0.05, 0.1) is 11.4 Å². The van der Waals surface area contributed by atoms with Crippen LogP contribution >= 0.6 is 0 Å². The molecule has 3 aromatic rings. The molecule has 1 aromatic carbocycles. The molecule has 0 saturated heterocycles. The maximum absolute atomic E-state index is 9.58. The Morgan fingerprint density at radius 1 is 0.719 bits per heavy atom. The second kappa shape index (κ2) is 13.5. The van der Waals surface area contributed by atoms with Gasteiger partial charge >= 0.3 is 20.4 Å². The van der Waals surface area contributed by atoms with Crippen LogP contribution in [-0.4, -0.2) is 9.97 Å². The van der Waals surface area contributed by atoms with Crippen molar-refractivity contribution in [3.63, 3.8) is 0 Å². The smallest absolute Gasteiger partial charge is 0.385 e. The minimum atomic E-state index is -3.08. The Morgan fingerprint density at radius 2 is 1.06 bits per heavy atom. The molecule has 2 nitrogen and oxygen atoms in total. The van der Waals surface area contributed by atoms with E-state index in [4.69, 9.17) is 0 Å². The summed E-state index contributed by atoms with van der Waals surface area (Å²) in [6.45, 7) is 12.3. The number of hydrogen-bond acceptors (Lipinski definition) is 2. The number of hydrogen-bond donors (Lipinski definition) is 0. The number of nitrogens with zero attached hydrogens (tertiary/aromatic N) is 2. The van der Waals surface area contributed by atoms with Crippen LogP contribution in [0.5, 0.6) is 0 Å². The summed E-state index contributed by atoms with van der Waals surface area (Å²) in [6, 6.07) is 19.3. The van der Waals surface area contributed by atoms with Crippen LogP contribution in [0.1, 0.15) is 58.2 Å². The van der Waals surface area contributed by atoms with E-state index in [1.54, 1.807) is 0 Å². The SMILES string of the molecule is CC(C)(C)c1ccnc(-c2cc(C(C)(C)C)ccn2)c1.Cc1cc[c-]cc1.F[C-](F)F.[Pd+2]. The molecule has 0 atom stereocenters. The molecule has 3 rings (SSSR count). The van der Waals surface area contributed by atoms with Gasteiger partial charge in [-0.3, -0.25) is 9.97 Å². The minimum Gasteiger partial charge on any atom is -0.385 e. The van der Waals surface area contributed by atoms with E-state index in [-0.39, 0.29) is 31.3 Å². The summed E-state index contributed by atoms with van der Waals surface area (Å²) in [5.41, 5.74) is 6.00. The standard InChI is InChI=1S/C18H24N2.C7H7.CF3.Pd/c1-17(2,3)13-7-9-19-15(11-13)16-12-14(8-10-20-16)18(4,5)6;1-7-5-3-2-4-6-7;2-1(3)4;/h7-12H,1-6H3;3-6H,1H3;;/q;2*-1;+2. The second-order valence-electron chi connectivity index (χ2n) is 9.15. The van der Waals surface area contributed by atoms with Gasteiger partial charge in [0.25, 0.3) is 0 Å². The van der Waals surface area contributed by atoms with Gasteiger partial charge in [0, 0.05) is 12.4 Å². The van der Waals surface area contributed by atoms with Crippen molar-refractivity contribution in [1.82, 2.24) is 9.97 Å². The van der Waals surface area contributed by atoms with Crippen molar-refractivity contribution in [1.29, 1.82) is 0 Å². The topological polar surface area (TPSA) is 25.8 Å². The molecule has 6 heteroatoms. The predicted octanol–water partition coefficient (Wildman–Crippen LogP) is 7.87. The zero-order valence-electron chi connectivity index (χ0n) is 19.6. The first-order valence-electron chi connectivity index (χ1n) is 10.0. The van der Waals surface area contributed by atoms with E-state index in [9.17, 15) is 13.2 Å². The monoisotopic (exact) mass is 534 g/mol. The van der Waals surface area contributed by atoms with E-state index in [1.165, 1.54) is 16.7 Å². The molecule has 0 aliphatic heterocycles. The molecule has 176 valence electrons. The number of halogens is 3. The van der Waals surface area contributed by atoms with Gasteiger partial charge in [0.15, 0.2) is 6.68 Å². The molecule has 0 aliphatic rings. The zero-order valence-corrected chi connectivity index (χ0v) is 21.2. The Morgan fingerprint density at radius 3 is 1.31 bits per heavy atom. The summed E-state index contributed by atoms with van der Waals surface area (Å²) in [6.07, 6.45) is 3.75. The normalized spacial score (nSPS) is 10.8. The first-order chi connectivity index (χ1) is 14.3. The van der Waals surface area contributed by atoms with Crippen molar-refractivity contribution >= 4 is 0 Å². The van der Waals surface area contributed by atoms with Crippen molar-refractivity contribution in [2.45, 2.75) is 59.3 Å². The fourth-order valence-corrected chi connectivity index (χ4v) is 2.54. The molecule has 0 N–H and O–H groups in total. The fraction of sp³-hybridized carbons (Fsp3) is 0.346. The van der Waals surface area contributed by atoms with E-state index in [0.29, 0.717) is 0 Å². The van der Waals surface area contributed by atoms with E-state index in [1.807, 2.05) is 36.7 Å². The molecule has 0 amide bonds. The Hall–Kier alpha value is -2.03. The van der Waals surface area contributed by atoms with Crippen LogP contribution in [0.25, 0.3) is 11.4 Å². The van der Waals surface area contributed by atoms with Crippen LogP contribution in [0, 0.1) is 19.7 Å². The molecule has 0 bridgehead atoms. The average Bonchev–Trinajstić information content (AvgIpc) is 2.68. The molecular weight excluding hydrogens is 504 g/mol. The van der Waals surface area contributed by atoms with Crippen molar-refractivity contribution in [2.75, 3.05) is 0 Å². The van der Waals surface area contributed by atoms with Gasteiger partial charge in [0.2, 0.25) is 0 Å². The van der Waals surface area contributed by atoms with Crippen molar-refractivity contribution in [2.24, 2.45) is 0 Å². The van der Waals surface area contributed by atoms with Crippen LogP contribution < -0.4 is 0 Å². The van der Waals surface area contributed by atoms with Crippen LogP contribution in [0.2, 0.25) is 0 Å². The van der Waals surface area contributed by atoms with E-state index in [0.717, 1.165) is 11.4 Å². The third kappa shape index (κ3) is 11.6. The molecule has 0 aliphatic carbocycles. The van der Waals surface area contributed by atoms with E-state index < -0.39 is 6.68 Å². The fourth-order valence-electron chi connectivity index (χ4n) is 2.54. The molecule has 0 radical (unpaired) electrons. The number of benzene rings is 1. The number of aromatic nitrogens is 2. The number of rotatable bonds is 1. The van der Waals surface area contributed by atoms with Gasteiger partial charge < -0.3 is 13.2 Å². The zero-order chi connectivity index (χ0) is 23.7.